The highest BCUT2D eigenvalue weighted by molar-refractivity contribution is 5.80. The number of phenolic OH excluding ortho intramolecular Hbond substituents is 1. The van der Waals surface area contributed by atoms with Crippen LogP contribution in [0.4, 0.5) is 0 Å². The van der Waals surface area contributed by atoms with Gasteiger partial charge >= 0.3 is 0 Å². The fourth-order valence-corrected chi connectivity index (χ4v) is 3.27. The minimum atomic E-state index is 0.261. The first-order valence-electron chi connectivity index (χ1n) is 9.17. The fraction of sp³-hybridized carbons (Fsp3) is 0.381. The number of nitrogens with one attached hydrogen (secondary N) is 1. The Labute approximate surface area is 155 Å². The van der Waals surface area contributed by atoms with E-state index in [4.69, 9.17) is 9.73 Å². The third kappa shape index (κ3) is 4.28. The van der Waals surface area contributed by atoms with Crippen molar-refractivity contribution < 1.29 is 9.84 Å². The molecule has 26 heavy (non-hydrogen) atoms. The van der Waals surface area contributed by atoms with Gasteiger partial charge in [-0.2, -0.15) is 0 Å². The van der Waals surface area contributed by atoms with Crippen molar-refractivity contribution in [3.05, 3.63) is 59.2 Å². The summed E-state index contributed by atoms with van der Waals surface area (Å²) in [6.07, 6.45) is 1.73. The lowest BCUT2D eigenvalue weighted by molar-refractivity contribution is 0.378. The second-order valence-corrected chi connectivity index (χ2v) is 6.42. The molecule has 0 radical (unpaired) electrons. The van der Waals surface area contributed by atoms with E-state index in [2.05, 4.69) is 41.4 Å². The fourth-order valence-electron chi connectivity index (χ4n) is 3.27. The molecule has 0 spiro atoms. The minimum absolute atomic E-state index is 0.261. The lowest BCUT2D eigenvalue weighted by Crippen LogP contribution is -2.44. The van der Waals surface area contributed by atoms with Crippen LogP contribution in [0.25, 0.3) is 0 Å². The summed E-state index contributed by atoms with van der Waals surface area (Å²) in [5.41, 5.74) is 3.69. The predicted molar refractivity (Wildman–Crippen MR) is 105 cm³/mol. The number of phenols is 1. The molecule has 0 aromatic heterocycles. The molecule has 0 amide bonds. The molecule has 0 fully saturated rings. The number of fused-ring (bicyclic) bond motifs is 1. The van der Waals surface area contributed by atoms with Crippen LogP contribution in [0.1, 0.15) is 23.6 Å². The van der Waals surface area contributed by atoms with Crippen LogP contribution < -0.4 is 10.1 Å². The van der Waals surface area contributed by atoms with Gasteiger partial charge in [-0.25, -0.2) is 0 Å². The number of nitrogens with zero attached hydrogens (tertiary/aromatic N) is 2. The molecule has 1 heterocycles. The summed E-state index contributed by atoms with van der Waals surface area (Å²) < 4.78 is 5.13. The highest BCUT2D eigenvalue weighted by Crippen LogP contribution is 2.24. The molecule has 0 bridgehead atoms. The summed E-state index contributed by atoms with van der Waals surface area (Å²) >= 11 is 0. The first-order chi connectivity index (χ1) is 12.7. The van der Waals surface area contributed by atoms with Crippen molar-refractivity contribution in [3.8, 4) is 11.5 Å². The summed E-state index contributed by atoms with van der Waals surface area (Å²) in [6, 6.07) is 14.0. The first-order valence-corrected chi connectivity index (χ1v) is 9.17. The van der Waals surface area contributed by atoms with Gasteiger partial charge in [0.2, 0.25) is 0 Å². The van der Waals surface area contributed by atoms with Gasteiger partial charge in [0.25, 0.3) is 0 Å². The monoisotopic (exact) mass is 353 g/mol. The van der Waals surface area contributed by atoms with Crippen LogP contribution in [0.15, 0.2) is 47.5 Å². The lowest BCUT2D eigenvalue weighted by atomic mass is 10.0. The minimum Gasteiger partial charge on any atom is -0.508 e. The number of guanidine groups is 1. The van der Waals surface area contributed by atoms with E-state index in [9.17, 15) is 5.11 Å². The highest BCUT2D eigenvalue weighted by Gasteiger charge is 2.18. The van der Waals surface area contributed by atoms with Crippen molar-refractivity contribution in [1.29, 1.82) is 0 Å². The Balaban J connectivity index is 1.66. The van der Waals surface area contributed by atoms with Gasteiger partial charge in [0, 0.05) is 32.2 Å². The van der Waals surface area contributed by atoms with Crippen LogP contribution in [-0.2, 0) is 19.4 Å². The summed E-state index contributed by atoms with van der Waals surface area (Å²) in [5, 5.41) is 13.5. The van der Waals surface area contributed by atoms with E-state index in [0.29, 0.717) is 18.7 Å². The van der Waals surface area contributed by atoms with Gasteiger partial charge < -0.3 is 20.1 Å². The van der Waals surface area contributed by atoms with E-state index in [0.717, 1.165) is 37.6 Å². The molecule has 5 heteroatoms. The molecule has 138 valence electrons. The Bertz CT molecular complexity index is 774. The normalized spacial score (nSPS) is 14.1. The number of hydrogen-bond donors (Lipinski definition) is 2. The van der Waals surface area contributed by atoms with Crippen molar-refractivity contribution in [2.24, 2.45) is 4.99 Å². The summed E-state index contributed by atoms with van der Waals surface area (Å²) in [6.45, 7) is 5.40. The van der Waals surface area contributed by atoms with E-state index in [1.807, 2.05) is 12.1 Å². The van der Waals surface area contributed by atoms with Gasteiger partial charge in [0.1, 0.15) is 11.5 Å². The Morgan fingerprint density at radius 2 is 2.04 bits per heavy atom. The molecule has 0 saturated carbocycles. The molecule has 2 aromatic carbocycles. The third-order valence-corrected chi connectivity index (χ3v) is 4.70. The van der Waals surface area contributed by atoms with Gasteiger partial charge in [0.15, 0.2) is 5.96 Å². The van der Waals surface area contributed by atoms with E-state index < -0.39 is 0 Å². The van der Waals surface area contributed by atoms with Crippen LogP contribution in [0, 0.1) is 0 Å². The summed E-state index contributed by atoms with van der Waals surface area (Å²) in [7, 11) is 1.60. The Morgan fingerprint density at radius 3 is 2.77 bits per heavy atom. The standard InChI is InChI=1S/C21H27N3O2/c1-3-22-21(24-13-11-16-6-4-5-7-18(16)15-24)23-12-10-17-8-9-19(26-2)14-20(17)25/h4-9,14,25H,3,10-13,15H2,1-2H3,(H,22,23). The molecule has 0 aliphatic carbocycles. The van der Waals surface area contributed by atoms with Gasteiger partial charge in [-0.15, -0.1) is 0 Å². The van der Waals surface area contributed by atoms with Crippen LogP contribution >= 0.6 is 0 Å². The number of hydrogen-bond acceptors (Lipinski definition) is 3. The zero-order chi connectivity index (χ0) is 18.4. The van der Waals surface area contributed by atoms with Crippen LogP contribution in [0.3, 0.4) is 0 Å². The smallest absolute Gasteiger partial charge is 0.194 e. The molecular weight excluding hydrogens is 326 g/mol. The second-order valence-electron chi connectivity index (χ2n) is 6.42. The lowest BCUT2D eigenvalue weighted by Gasteiger charge is -2.31. The zero-order valence-corrected chi connectivity index (χ0v) is 15.5. The van der Waals surface area contributed by atoms with Gasteiger partial charge in [-0.3, -0.25) is 4.99 Å². The Hall–Kier alpha value is -2.69. The topological polar surface area (TPSA) is 57.1 Å². The molecule has 5 nitrogen and oxygen atoms in total. The maximum Gasteiger partial charge on any atom is 0.194 e. The highest BCUT2D eigenvalue weighted by atomic mass is 16.5. The molecule has 0 unspecified atom stereocenters. The summed E-state index contributed by atoms with van der Waals surface area (Å²) in [5.74, 6) is 1.86. The van der Waals surface area contributed by atoms with Crippen molar-refractivity contribution >= 4 is 5.96 Å². The molecule has 0 saturated heterocycles. The third-order valence-electron chi connectivity index (χ3n) is 4.70. The molecule has 0 atom stereocenters. The van der Waals surface area contributed by atoms with E-state index in [1.165, 1.54) is 11.1 Å². The van der Waals surface area contributed by atoms with Gasteiger partial charge in [-0.05, 0) is 42.5 Å². The molecule has 1 aliphatic heterocycles. The number of ether oxygens (including phenoxy) is 1. The summed E-state index contributed by atoms with van der Waals surface area (Å²) in [4.78, 5) is 7.08. The van der Waals surface area contributed by atoms with Crippen molar-refractivity contribution in [2.45, 2.75) is 26.3 Å². The van der Waals surface area contributed by atoms with Crippen LogP contribution in [-0.4, -0.2) is 42.7 Å². The molecular formula is C21H27N3O2. The SMILES string of the molecule is CCNC(=NCCc1ccc(OC)cc1O)N1CCc2ccccc2C1. The second kappa shape index (κ2) is 8.61. The van der Waals surface area contributed by atoms with Crippen molar-refractivity contribution in [1.82, 2.24) is 10.2 Å². The van der Waals surface area contributed by atoms with Crippen LogP contribution in [0.5, 0.6) is 11.5 Å². The molecule has 3 rings (SSSR count). The molecule has 1 aliphatic rings. The van der Waals surface area contributed by atoms with Gasteiger partial charge in [-0.1, -0.05) is 30.3 Å². The van der Waals surface area contributed by atoms with E-state index in [1.54, 1.807) is 13.2 Å². The zero-order valence-electron chi connectivity index (χ0n) is 15.5. The molecule has 2 N–H and O–H groups in total. The number of benzene rings is 2. The van der Waals surface area contributed by atoms with Crippen molar-refractivity contribution in [3.63, 3.8) is 0 Å². The van der Waals surface area contributed by atoms with Gasteiger partial charge in [0.05, 0.1) is 7.11 Å². The number of rotatable bonds is 5. The van der Waals surface area contributed by atoms with E-state index >= 15 is 0 Å². The predicted octanol–water partition coefficient (Wildman–Crippen LogP) is 2.97. The van der Waals surface area contributed by atoms with Crippen LogP contribution in [0.2, 0.25) is 0 Å². The average Bonchev–Trinajstić information content (AvgIpc) is 2.68. The maximum atomic E-state index is 10.1. The maximum absolute atomic E-state index is 10.1. The van der Waals surface area contributed by atoms with E-state index in [-0.39, 0.29) is 5.75 Å². The first kappa shape index (κ1) is 18.1. The number of aliphatic imine (C=N–C) groups is 1. The Kier molecular flexibility index (Phi) is 6.00. The number of methoxy groups -OCH3 is 1. The Morgan fingerprint density at radius 1 is 1.23 bits per heavy atom. The van der Waals surface area contributed by atoms with Crippen molar-refractivity contribution in [2.75, 3.05) is 26.7 Å². The largest absolute Gasteiger partial charge is 0.508 e. The average molecular weight is 353 g/mol. The quantitative estimate of drug-likeness (QED) is 0.641. The molecule has 2 aromatic rings. The number of aromatic hydroxyl groups is 1.